The van der Waals surface area contributed by atoms with Crippen LogP contribution in [0.2, 0.25) is 0 Å². The van der Waals surface area contributed by atoms with E-state index >= 15 is 0 Å². The number of carbonyl (C=O) groups is 2. The fourth-order valence-electron chi connectivity index (χ4n) is 4.04. The summed E-state index contributed by atoms with van der Waals surface area (Å²) in [6.07, 6.45) is 2.25. The van der Waals surface area contributed by atoms with E-state index < -0.39 is 5.54 Å². The Balaban J connectivity index is 1.63. The zero-order valence-corrected chi connectivity index (χ0v) is 12.1. The summed E-state index contributed by atoms with van der Waals surface area (Å²) < 4.78 is 5.69. The minimum Gasteiger partial charge on any atom is -0.377 e. The van der Waals surface area contributed by atoms with Crippen molar-refractivity contribution in [3.8, 4) is 0 Å². The lowest BCUT2D eigenvalue weighted by atomic mass is 9.48. The Kier molecular flexibility index (Phi) is 3.06. The average Bonchev–Trinajstić information content (AvgIpc) is 3.02. The number of rotatable bonds is 3. The van der Waals surface area contributed by atoms with Crippen molar-refractivity contribution >= 4 is 11.8 Å². The molecule has 4 unspecified atom stereocenters. The highest BCUT2D eigenvalue weighted by Crippen LogP contribution is 2.58. The third-order valence-corrected chi connectivity index (χ3v) is 5.42. The molecule has 0 spiro atoms. The van der Waals surface area contributed by atoms with Crippen molar-refractivity contribution in [3.63, 3.8) is 0 Å². The van der Waals surface area contributed by atoms with E-state index in [1.165, 1.54) is 0 Å². The quantitative estimate of drug-likeness (QED) is 0.651. The van der Waals surface area contributed by atoms with Crippen LogP contribution in [0.3, 0.4) is 0 Å². The van der Waals surface area contributed by atoms with Gasteiger partial charge in [-0.25, -0.2) is 0 Å². The lowest BCUT2D eigenvalue weighted by Gasteiger charge is -2.60. The van der Waals surface area contributed by atoms with E-state index in [9.17, 15) is 9.59 Å². The monoisotopic (exact) mass is 281 g/mol. The van der Waals surface area contributed by atoms with Crippen molar-refractivity contribution in [2.45, 2.75) is 50.8 Å². The van der Waals surface area contributed by atoms with E-state index in [-0.39, 0.29) is 35.3 Å². The van der Waals surface area contributed by atoms with Gasteiger partial charge in [-0.3, -0.25) is 9.59 Å². The number of hydrogen-bond donors (Lipinski definition) is 3. The van der Waals surface area contributed by atoms with Crippen LogP contribution in [-0.4, -0.2) is 42.7 Å². The Morgan fingerprint density at radius 1 is 1.50 bits per heavy atom. The highest BCUT2D eigenvalue weighted by Gasteiger charge is 2.71. The van der Waals surface area contributed by atoms with E-state index in [4.69, 9.17) is 10.5 Å². The molecule has 112 valence electrons. The summed E-state index contributed by atoms with van der Waals surface area (Å²) in [6, 6.07) is 0.0360. The van der Waals surface area contributed by atoms with Crippen molar-refractivity contribution < 1.29 is 14.3 Å². The second-order valence-corrected chi connectivity index (χ2v) is 6.79. The van der Waals surface area contributed by atoms with Gasteiger partial charge in [0.2, 0.25) is 11.8 Å². The number of nitrogens with two attached hydrogens (primary N) is 1. The second-order valence-electron chi connectivity index (χ2n) is 6.79. The molecule has 4 atom stereocenters. The zero-order chi connectivity index (χ0) is 14.5. The molecule has 3 rings (SSSR count). The first-order valence-electron chi connectivity index (χ1n) is 7.35. The van der Waals surface area contributed by atoms with Gasteiger partial charge in [0.05, 0.1) is 6.10 Å². The maximum atomic E-state index is 12.5. The molecule has 0 bridgehead atoms. The third-order valence-electron chi connectivity index (χ3n) is 5.42. The van der Waals surface area contributed by atoms with Crippen LogP contribution in [0.1, 0.15) is 33.1 Å². The molecular weight excluding hydrogens is 258 g/mol. The van der Waals surface area contributed by atoms with Gasteiger partial charge in [0, 0.05) is 36.9 Å². The largest absolute Gasteiger partial charge is 0.377 e. The molecule has 0 aromatic carbocycles. The molecule has 0 radical (unpaired) electrons. The Morgan fingerprint density at radius 2 is 2.25 bits per heavy atom. The van der Waals surface area contributed by atoms with Crippen molar-refractivity contribution in [3.05, 3.63) is 0 Å². The molecule has 6 nitrogen and oxygen atoms in total. The van der Waals surface area contributed by atoms with E-state index in [0.29, 0.717) is 19.6 Å². The minimum absolute atomic E-state index is 0.0360. The number of ether oxygens (including phenoxy) is 1. The molecular formula is C14H23N3O3. The maximum Gasteiger partial charge on any atom is 0.241 e. The molecule has 3 fully saturated rings. The smallest absolute Gasteiger partial charge is 0.241 e. The molecule has 1 saturated carbocycles. The molecule has 2 saturated heterocycles. The summed E-state index contributed by atoms with van der Waals surface area (Å²) in [4.78, 5) is 23.7. The Labute approximate surface area is 118 Å². The van der Waals surface area contributed by atoms with Crippen LogP contribution in [0.25, 0.3) is 0 Å². The molecule has 2 heterocycles. The molecule has 20 heavy (non-hydrogen) atoms. The number of amides is 2. The van der Waals surface area contributed by atoms with Crippen LogP contribution in [0.15, 0.2) is 0 Å². The van der Waals surface area contributed by atoms with Gasteiger partial charge in [0.1, 0.15) is 5.54 Å². The predicted molar refractivity (Wildman–Crippen MR) is 72.7 cm³/mol. The molecule has 6 heteroatoms. The van der Waals surface area contributed by atoms with Crippen LogP contribution in [0.4, 0.5) is 0 Å². The van der Waals surface area contributed by atoms with E-state index in [2.05, 4.69) is 10.6 Å². The van der Waals surface area contributed by atoms with Gasteiger partial charge in [0.15, 0.2) is 0 Å². The van der Waals surface area contributed by atoms with Gasteiger partial charge < -0.3 is 21.1 Å². The van der Waals surface area contributed by atoms with Gasteiger partial charge in [0.25, 0.3) is 0 Å². The fourth-order valence-corrected chi connectivity index (χ4v) is 4.04. The normalized spacial score (nSPS) is 41.8. The summed E-state index contributed by atoms with van der Waals surface area (Å²) in [5.41, 5.74) is 5.23. The second kappa shape index (κ2) is 4.43. The van der Waals surface area contributed by atoms with Gasteiger partial charge >= 0.3 is 0 Å². The summed E-state index contributed by atoms with van der Waals surface area (Å²) in [6.45, 7) is 5.13. The first-order valence-corrected chi connectivity index (χ1v) is 7.35. The average molecular weight is 281 g/mol. The summed E-state index contributed by atoms with van der Waals surface area (Å²) >= 11 is 0. The lowest BCUT2D eigenvalue weighted by molar-refractivity contribution is -0.175. The van der Waals surface area contributed by atoms with E-state index in [1.54, 1.807) is 0 Å². The Bertz CT molecular complexity index is 451. The van der Waals surface area contributed by atoms with Crippen molar-refractivity contribution in [2.75, 3.05) is 13.2 Å². The lowest BCUT2D eigenvalue weighted by Crippen LogP contribution is -2.80. The molecule has 3 aliphatic rings. The minimum atomic E-state index is -0.864. The topological polar surface area (TPSA) is 93.4 Å². The van der Waals surface area contributed by atoms with Gasteiger partial charge in [-0.1, -0.05) is 13.8 Å². The number of hydrogen-bond acceptors (Lipinski definition) is 4. The fraction of sp³-hybridized carbons (Fsp3) is 0.857. The van der Waals surface area contributed by atoms with Gasteiger partial charge in [-0.15, -0.1) is 0 Å². The van der Waals surface area contributed by atoms with Crippen molar-refractivity contribution in [1.82, 2.24) is 10.6 Å². The number of nitrogens with one attached hydrogen (secondary N) is 2. The molecule has 1 aliphatic carbocycles. The van der Waals surface area contributed by atoms with Crippen LogP contribution >= 0.6 is 0 Å². The molecule has 2 amide bonds. The Hall–Kier alpha value is -1.14. The van der Waals surface area contributed by atoms with Gasteiger partial charge in [-0.2, -0.15) is 0 Å². The van der Waals surface area contributed by atoms with Crippen LogP contribution in [0.5, 0.6) is 0 Å². The summed E-state index contributed by atoms with van der Waals surface area (Å²) in [5, 5.41) is 5.77. The summed E-state index contributed by atoms with van der Waals surface area (Å²) in [5.74, 6) is 0.0472. The van der Waals surface area contributed by atoms with Gasteiger partial charge in [-0.05, 0) is 12.8 Å². The molecule has 2 aliphatic heterocycles. The first-order chi connectivity index (χ1) is 9.37. The maximum absolute atomic E-state index is 12.5. The van der Waals surface area contributed by atoms with Crippen LogP contribution < -0.4 is 16.4 Å². The highest BCUT2D eigenvalue weighted by molar-refractivity contribution is 5.89. The standard InChI is InChI=1S/C14H23N3O3/c1-13(2)11-9(5-6-20-11)14(13,15)12(19)16-7-8-3-4-10(18)17-8/h8-9,11H,3-7,15H2,1-2H3,(H,16,19)(H,17,18). The SMILES string of the molecule is CC1(C)C2OCCC2C1(N)C(=O)NCC1CCC(=O)N1. The number of fused-ring (bicyclic) bond motifs is 1. The third kappa shape index (κ3) is 1.71. The predicted octanol–water partition coefficient (Wildman–Crippen LogP) is -0.476. The Morgan fingerprint density at radius 3 is 2.90 bits per heavy atom. The van der Waals surface area contributed by atoms with Crippen molar-refractivity contribution in [1.29, 1.82) is 0 Å². The highest BCUT2D eigenvalue weighted by atomic mass is 16.5. The zero-order valence-electron chi connectivity index (χ0n) is 12.1. The van der Waals surface area contributed by atoms with E-state index in [0.717, 1.165) is 12.8 Å². The molecule has 0 aromatic rings. The van der Waals surface area contributed by atoms with E-state index in [1.807, 2.05) is 13.8 Å². The van der Waals surface area contributed by atoms with Crippen LogP contribution in [-0.2, 0) is 14.3 Å². The molecule has 0 aromatic heterocycles. The molecule has 4 N–H and O–H groups in total. The first kappa shape index (κ1) is 13.8. The van der Waals surface area contributed by atoms with Crippen molar-refractivity contribution in [2.24, 2.45) is 17.1 Å². The van der Waals surface area contributed by atoms with Crippen LogP contribution in [0, 0.1) is 11.3 Å². The number of carbonyl (C=O) groups excluding carboxylic acids is 2. The summed E-state index contributed by atoms with van der Waals surface area (Å²) in [7, 11) is 0.